The summed E-state index contributed by atoms with van der Waals surface area (Å²) in [6, 6.07) is 3.39. The highest BCUT2D eigenvalue weighted by atomic mass is 16.5. The zero-order chi connectivity index (χ0) is 15.2. The third kappa shape index (κ3) is 4.79. The van der Waals surface area contributed by atoms with Crippen molar-refractivity contribution in [2.45, 2.75) is 39.7 Å². The number of nitrogens with one attached hydrogen (secondary N) is 2. The van der Waals surface area contributed by atoms with Crippen molar-refractivity contribution in [3.05, 3.63) is 23.4 Å². The second-order valence-electron chi connectivity index (χ2n) is 5.11. The molecule has 0 aliphatic rings. The number of nitrogen functional groups attached to an aromatic ring is 1. The molecule has 0 bridgehead atoms. The van der Waals surface area contributed by atoms with Crippen molar-refractivity contribution in [1.29, 1.82) is 0 Å². The second-order valence-corrected chi connectivity index (χ2v) is 5.11. The van der Waals surface area contributed by atoms with Crippen LogP contribution in [0.2, 0.25) is 0 Å². The average molecular weight is 280 g/mol. The summed E-state index contributed by atoms with van der Waals surface area (Å²) in [5, 5.41) is 2.87. The molecule has 0 aromatic carbocycles. The van der Waals surface area contributed by atoms with E-state index in [1.807, 2.05) is 27.7 Å². The summed E-state index contributed by atoms with van der Waals surface area (Å²) in [5.74, 6) is 5.69. The van der Waals surface area contributed by atoms with Gasteiger partial charge in [-0.3, -0.25) is 4.79 Å². The first-order valence-electron chi connectivity index (χ1n) is 6.81. The minimum atomic E-state index is -0.389. The Kier molecular flexibility index (Phi) is 5.91. The molecule has 1 aromatic heterocycles. The van der Waals surface area contributed by atoms with Crippen molar-refractivity contribution >= 4 is 11.7 Å². The first-order valence-corrected chi connectivity index (χ1v) is 6.81. The number of anilines is 1. The maximum Gasteiger partial charge on any atom is 0.251 e. The molecule has 4 N–H and O–H groups in total. The van der Waals surface area contributed by atoms with Crippen molar-refractivity contribution in [1.82, 2.24) is 10.3 Å². The third-order valence-corrected chi connectivity index (χ3v) is 2.86. The molecule has 0 saturated carbocycles. The summed E-state index contributed by atoms with van der Waals surface area (Å²) in [5.41, 5.74) is 3.44. The fraction of sp³-hybridized carbons (Fsp3) is 0.571. The molecule has 1 heterocycles. The van der Waals surface area contributed by atoms with Crippen molar-refractivity contribution < 1.29 is 9.53 Å². The zero-order valence-corrected chi connectivity index (χ0v) is 12.6. The molecule has 1 aromatic rings. The Labute approximate surface area is 120 Å². The molecular formula is C14H24N4O2. The van der Waals surface area contributed by atoms with E-state index in [9.17, 15) is 4.79 Å². The van der Waals surface area contributed by atoms with Crippen LogP contribution in [0.1, 0.15) is 43.7 Å². The highest BCUT2D eigenvalue weighted by molar-refractivity contribution is 5.95. The van der Waals surface area contributed by atoms with Gasteiger partial charge in [-0.15, -0.1) is 0 Å². The van der Waals surface area contributed by atoms with Crippen LogP contribution in [0.15, 0.2) is 12.1 Å². The molecule has 0 aliphatic heterocycles. The smallest absolute Gasteiger partial charge is 0.251 e. The van der Waals surface area contributed by atoms with Crippen molar-refractivity contribution in [3.63, 3.8) is 0 Å². The number of carbonyl (C=O) groups is 1. The number of nitrogens with zero attached hydrogens (tertiary/aromatic N) is 1. The Morgan fingerprint density at radius 1 is 1.40 bits per heavy atom. The van der Waals surface area contributed by atoms with E-state index in [4.69, 9.17) is 10.6 Å². The highest BCUT2D eigenvalue weighted by Gasteiger charge is 2.19. The van der Waals surface area contributed by atoms with Crippen LogP contribution in [-0.4, -0.2) is 29.6 Å². The van der Waals surface area contributed by atoms with Crippen LogP contribution in [-0.2, 0) is 11.2 Å². The lowest BCUT2D eigenvalue weighted by Crippen LogP contribution is -2.40. The zero-order valence-electron chi connectivity index (χ0n) is 12.6. The Hall–Kier alpha value is -1.66. The van der Waals surface area contributed by atoms with Crippen LogP contribution < -0.4 is 16.6 Å². The molecule has 0 fully saturated rings. The molecule has 112 valence electrons. The molecule has 1 amide bonds. The number of ether oxygens (including phenoxy) is 1. The van der Waals surface area contributed by atoms with Crippen molar-refractivity contribution in [2.75, 3.05) is 18.6 Å². The normalized spacial score (nSPS) is 11.2. The van der Waals surface area contributed by atoms with Gasteiger partial charge >= 0.3 is 0 Å². The number of nitrogens with two attached hydrogens (primary N) is 1. The van der Waals surface area contributed by atoms with E-state index in [0.717, 1.165) is 12.1 Å². The lowest BCUT2D eigenvalue weighted by atomic mass is 10.1. The van der Waals surface area contributed by atoms with Gasteiger partial charge in [0.05, 0.1) is 5.60 Å². The van der Waals surface area contributed by atoms with Crippen LogP contribution in [0.5, 0.6) is 0 Å². The van der Waals surface area contributed by atoms with E-state index >= 15 is 0 Å². The van der Waals surface area contributed by atoms with Crippen molar-refractivity contribution in [3.8, 4) is 0 Å². The third-order valence-electron chi connectivity index (χ3n) is 2.86. The van der Waals surface area contributed by atoms with Crippen LogP contribution >= 0.6 is 0 Å². The van der Waals surface area contributed by atoms with Crippen LogP contribution in [0.4, 0.5) is 5.82 Å². The standard InChI is InChI=1S/C14H24N4O2/c1-5-11-7-10(8-12(17-11)18-15)13(19)16-9-14(3,4)20-6-2/h7-8H,5-6,9,15H2,1-4H3,(H,16,19)(H,17,18). The molecular weight excluding hydrogens is 256 g/mol. The molecule has 0 radical (unpaired) electrons. The molecule has 0 saturated heterocycles. The molecule has 0 spiro atoms. The van der Waals surface area contributed by atoms with Gasteiger partial charge in [0, 0.05) is 24.4 Å². The Morgan fingerprint density at radius 3 is 2.65 bits per heavy atom. The number of carbonyl (C=O) groups excluding carboxylic acids is 1. The molecule has 6 nitrogen and oxygen atoms in total. The number of aromatic nitrogens is 1. The summed E-state index contributed by atoms with van der Waals surface area (Å²) in [6.45, 7) is 8.83. The maximum atomic E-state index is 12.2. The van der Waals surface area contributed by atoms with E-state index in [1.165, 1.54) is 0 Å². The van der Waals surface area contributed by atoms with Gasteiger partial charge in [-0.05, 0) is 39.3 Å². The lowest BCUT2D eigenvalue weighted by molar-refractivity contribution is -0.00815. The number of amides is 1. The lowest BCUT2D eigenvalue weighted by Gasteiger charge is -2.24. The largest absolute Gasteiger partial charge is 0.374 e. The highest BCUT2D eigenvalue weighted by Crippen LogP contribution is 2.12. The SMILES string of the molecule is CCOC(C)(C)CNC(=O)c1cc(CC)nc(NN)c1. The number of hydrogen-bond acceptors (Lipinski definition) is 5. The molecule has 20 heavy (non-hydrogen) atoms. The van der Waals surface area contributed by atoms with Crippen LogP contribution in [0.3, 0.4) is 0 Å². The summed E-state index contributed by atoms with van der Waals surface area (Å²) in [4.78, 5) is 16.4. The van der Waals surface area contributed by atoms with E-state index in [1.54, 1.807) is 12.1 Å². The van der Waals surface area contributed by atoms with Crippen LogP contribution in [0.25, 0.3) is 0 Å². The summed E-state index contributed by atoms with van der Waals surface area (Å²) in [6.07, 6.45) is 0.736. The van der Waals surface area contributed by atoms with Gasteiger partial charge in [0.15, 0.2) is 0 Å². The fourth-order valence-electron chi connectivity index (χ4n) is 1.81. The summed E-state index contributed by atoms with van der Waals surface area (Å²) < 4.78 is 5.55. The molecule has 0 unspecified atom stereocenters. The van der Waals surface area contributed by atoms with Gasteiger partial charge in [0.2, 0.25) is 0 Å². The van der Waals surface area contributed by atoms with E-state index < -0.39 is 0 Å². The second kappa shape index (κ2) is 7.21. The molecule has 6 heteroatoms. The van der Waals surface area contributed by atoms with Crippen LogP contribution in [0, 0.1) is 0 Å². The minimum Gasteiger partial charge on any atom is -0.374 e. The number of hydrogen-bond donors (Lipinski definition) is 3. The quantitative estimate of drug-likeness (QED) is 0.520. The monoisotopic (exact) mass is 280 g/mol. The van der Waals surface area contributed by atoms with E-state index in [2.05, 4.69) is 15.7 Å². The Balaban J connectivity index is 2.77. The van der Waals surface area contributed by atoms with Gasteiger partial charge in [-0.1, -0.05) is 6.92 Å². The first-order chi connectivity index (χ1) is 9.41. The van der Waals surface area contributed by atoms with Gasteiger partial charge in [-0.25, -0.2) is 10.8 Å². The predicted molar refractivity (Wildman–Crippen MR) is 79.5 cm³/mol. The van der Waals surface area contributed by atoms with Gasteiger partial charge in [-0.2, -0.15) is 0 Å². The number of pyridine rings is 1. The number of aryl methyl sites for hydroxylation is 1. The van der Waals surface area contributed by atoms with Crippen molar-refractivity contribution in [2.24, 2.45) is 5.84 Å². The van der Waals surface area contributed by atoms with Gasteiger partial charge in [0.25, 0.3) is 5.91 Å². The number of hydrazine groups is 1. The van der Waals surface area contributed by atoms with Gasteiger partial charge < -0.3 is 15.5 Å². The summed E-state index contributed by atoms with van der Waals surface area (Å²) >= 11 is 0. The summed E-state index contributed by atoms with van der Waals surface area (Å²) in [7, 11) is 0. The topological polar surface area (TPSA) is 89.3 Å². The number of rotatable bonds is 7. The first kappa shape index (κ1) is 16.4. The Morgan fingerprint density at radius 2 is 2.10 bits per heavy atom. The predicted octanol–water partition coefficient (Wildman–Crippen LogP) is 1.47. The van der Waals surface area contributed by atoms with E-state index in [0.29, 0.717) is 24.5 Å². The Bertz CT molecular complexity index is 438. The minimum absolute atomic E-state index is 0.161. The maximum absolute atomic E-state index is 12.2. The van der Waals surface area contributed by atoms with Gasteiger partial charge in [0.1, 0.15) is 5.82 Å². The van der Waals surface area contributed by atoms with E-state index in [-0.39, 0.29) is 11.5 Å². The fourth-order valence-corrected chi connectivity index (χ4v) is 1.81. The molecule has 1 rings (SSSR count). The average Bonchev–Trinajstić information content (AvgIpc) is 2.44. The molecule has 0 atom stereocenters. The molecule has 0 aliphatic carbocycles.